The van der Waals surface area contributed by atoms with Crippen molar-refractivity contribution in [2.75, 3.05) is 25.5 Å². The van der Waals surface area contributed by atoms with E-state index in [1.54, 1.807) is 0 Å². The number of nitrogens with one attached hydrogen (secondary N) is 2. The van der Waals surface area contributed by atoms with Crippen LogP contribution in [0.5, 0.6) is 0 Å². The summed E-state index contributed by atoms with van der Waals surface area (Å²) in [5.41, 5.74) is 3.50. The van der Waals surface area contributed by atoms with Gasteiger partial charge in [0.1, 0.15) is 0 Å². The molecule has 2 N–H and O–H groups in total. The fourth-order valence-electron chi connectivity index (χ4n) is 2.18. The first-order valence-electron chi connectivity index (χ1n) is 6.61. The number of hydrogen-bond acceptors (Lipinski definition) is 2. The van der Waals surface area contributed by atoms with Crippen LogP contribution in [0.3, 0.4) is 0 Å². The molecule has 102 valence electrons. The maximum absolute atomic E-state index is 6.30. The first kappa shape index (κ1) is 15.3. The van der Waals surface area contributed by atoms with Crippen molar-refractivity contribution >= 4 is 17.3 Å². The number of aryl methyl sites for hydroxylation is 2. The summed E-state index contributed by atoms with van der Waals surface area (Å²) in [4.78, 5) is 0. The highest BCUT2D eigenvalue weighted by Gasteiger charge is 2.13. The van der Waals surface area contributed by atoms with Gasteiger partial charge in [0.15, 0.2) is 0 Å². The molecule has 0 aliphatic heterocycles. The van der Waals surface area contributed by atoms with E-state index in [2.05, 4.69) is 44.4 Å². The topological polar surface area (TPSA) is 24.1 Å². The molecule has 0 saturated carbocycles. The van der Waals surface area contributed by atoms with Crippen molar-refractivity contribution in [2.45, 2.75) is 27.7 Å². The molecule has 0 heterocycles. The Morgan fingerprint density at radius 1 is 1.17 bits per heavy atom. The van der Waals surface area contributed by atoms with Crippen LogP contribution in [0, 0.1) is 25.7 Å². The molecule has 1 unspecified atom stereocenters. The van der Waals surface area contributed by atoms with E-state index in [1.165, 1.54) is 11.1 Å². The Morgan fingerprint density at radius 2 is 1.83 bits per heavy atom. The quantitative estimate of drug-likeness (QED) is 0.819. The van der Waals surface area contributed by atoms with Gasteiger partial charge in [-0.25, -0.2) is 0 Å². The van der Waals surface area contributed by atoms with Crippen LogP contribution in [0.2, 0.25) is 5.02 Å². The van der Waals surface area contributed by atoms with Gasteiger partial charge in [0.2, 0.25) is 0 Å². The third-order valence-corrected chi connectivity index (χ3v) is 3.68. The molecule has 0 saturated heterocycles. The van der Waals surface area contributed by atoms with Gasteiger partial charge >= 0.3 is 0 Å². The van der Waals surface area contributed by atoms with E-state index in [9.17, 15) is 0 Å². The lowest BCUT2D eigenvalue weighted by atomic mass is 9.95. The summed E-state index contributed by atoms with van der Waals surface area (Å²) < 4.78 is 0. The molecule has 0 aliphatic rings. The zero-order valence-electron chi connectivity index (χ0n) is 12.1. The molecule has 3 heteroatoms. The van der Waals surface area contributed by atoms with Gasteiger partial charge in [-0.05, 0) is 56.5 Å². The van der Waals surface area contributed by atoms with Gasteiger partial charge < -0.3 is 10.6 Å². The minimum Gasteiger partial charge on any atom is -0.383 e. The summed E-state index contributed by atoms with van der Waals surface area (Å²) in [6.45, 7) is 10.7. The Balaban J connectivity index is 2.73. The third-order valence-electron chi connectivity index (χ3n) is 3.38. The minimum absolute atomic E-state index is 0.603. The van der Waals surface area contributed by atoms with Crippen molar-refractivity contribution < 1.29 is 0 Å². The molecule has 18 heavy (non-hydrogen) atoms. The Bertz CT molecular complexity index is 365. The second-order valence-electron chi connectivity index (χ2n) is 5.38. The highest BCUT2D eigenvalue weighted by Crippen LogP contribution is 2.27. The summed E-state index contributed by atoms with van der Waals surface area (Å²) in [7, 11) is 2.00. The highest BCUT2D eigenvalue weighted by molar-refractivity contribution is 6.33. The zero-order chi connectivity index (χ0) is 13.7. The van der Waals surface area contributed by atoms with Crippen molar-refractivity contribution in [3.05, 3.63) is 28.3 Å². The molecule has 0 aromatic heterocycles. The van der Waals surface area contributed by atoms with E-state index < -0.39 is 0 Å². The van der Waals surface area contributed by atoms with Crippen LogP contribution in [0.25, 0.3) is 0 Å². The van der Waals surface area contributed by atoms with Crippen molar-refractivity contribution in [1.82, 2.24) is 5.32 Å². The van der Waals surface area contributed by atoms with E-state index in [0.29, 0.717) is 11.8 Å². The van der Waals surface area contributed by atoms with Gasteiger partial charge in [-0.15, -0.1) is 0 Å². The average Bonchev–Trinajstić information content (AvgIpc) is 2.25. The second kappa shape index (κ2) is 7.01. The van der Waals surface area contributed by atoms with Crippen molar-refractivity contribution in [1.29, 1.82) is 0 Å². The van der Waals surface area contributed by atoms with E-state index >= 15 is 0 Å². The molecule has 0 aliphatic carbocycles. The summed E-state index contributed by atoms with van der Waals surface area (Å²) in [5, 5.41) is 7.57. The standard InChI is InChI=1S/C15H25ClN2/c1-10(2)13(8-17-5)9-18-15-12(4)6-11(3)7-14(15)16/h6-7,10,13,17-18H,8-9H2,1-5H3. The van der Waals surface area contributed by atoms with Crippen LogP contribution in [0.15, 0.2) is 12.1 Å². The Morgan fingerprint density at radius 3 is 2.33 bits per heavy atom. The number of anilines is 1. The van der Waals surface area contributed by atoms with Crippen LogP contribution < -0.4 is 10.6 Å². The van der Waals surface area contributed by atoms with Gasteiger partial charge in [-0.1, -0.05) is 31.5 Å². The molecule has 1 aromatic rings. The smallest absolute Gasteiger partial charge is 0.0642 e. The van der Waals surface area contributed by atoms with E-state index in [-0.39, 0.29) is 0 Å². The predicted octanol–water partition coefficient (Wildman–Crippen LogP) is 3.86. The van der Waals surface area contributed by atoms with E-state index in [0.717, 1.165) is 23.8 Å². The number of benzene rings is 1. The number of hydrogen-bond donors (Lipinski definition) is 2. The second-order valence-corrected chi connectivity index (χ2v) is 5.79. The van der Waals surface area contributed by atoms with Crippen LogP contribution in [-0.2, 0) is 0 Å². The van der Waals surface area contributed by atoms with Gasteiger partial charge in [0.05, 0.1) is 10.7 Å². The Hall–Kier alpha value is -0.730. The SMILES string of the molecule is CNCC(CNc1c(C)cc(C)cc1Cl)C(C)C. The van der Waals surface area contributed by atoms with Crippen LogP contribution in [-0.4, -0.2) is 20.1 Å². The maximum atomic E-state index is 6.30. The fraction of sp³-hybridized carbons (Fsp3) is 0.600. The van der Waals surface area contributed by atoms with Crippen LogP contribution in [0.1, 0.15) is 25.0 Å². The molecule has 0 radical (unpaired) electrons. The van der Waals surface area contributed by atoms with Crippen molar-refractivity contribution in [3.8, 4) is 0 Å². The molecule has 0 spiro atoms. The van der Waals surface area contributed by atoms with Crippen LogP contribution >= 0.6 is 11.6 Å². The fourth-order valence-corrected chi connectivity index (χ4v) is 2.57. The maximum Gasteiger partial charge on any atom is 0.0642 e. The molecular formula is C15H25ClN2. The highest BCUT2D eigenvalue weighted by atomic mass is 35.5. The normalized spacial score (nSPS) is 12.8. The number of rotatable bonds is 6. The molecule has 0 bridgehead atoms. The van der Waals surface area contributed by atoms with Gasteiger partial charge in [-0.3, -0.25) is 0 Å². The lowest BCUT2D eigenvalue weighted by molar-refractivity contribution is 0.390. The van der Waals surface area contributed by atoms with Gasteiger partial charge in [-0.2, -0.15) is 0 Å². The third kappa shape index (κ3) is 4.18. The Labute approximate surface area is 116 Å². The minimum atomic E-state index is 0.603. The molecule has 2 nitrogen and oxygen atoms in total. The molecule has 0 amide bonds. The van der Waals surface area contributed by atoms with Crippen molar-refractivity contribution in [3.63, 3.8) is 0 Å². The first-order valence-corrected chi connectivity index (χ1v) is 6.98. The molecule has 1 rings (SSSR count). The zero-order valence-corrected chi connectivity index (χ0v) is 12.9. The summed E-state index contributed by atoms with van der Waals surface area (Å²) >= 11 is 6.30. The summed E-state index contributed by atoms with van der Waals surface area (Å²) in [6, 6.07) is 4.18. The van der Waals surface area contributed by atoms with Crippen molar-refractivity contribution in [2.24, 2.45) is 11.8 Å². The molecule has 1 aromatic carbocycles. The van der Waals surface area contributed by atoms with Crippen LogP contribution in [0.4, 0.5) is 5.69 Å². The molecule has 0 fully saturated rings. The monoisotopic (exact) mass is 268 g/mol. The molecular weight excluding hydrogens is 244 g/mol. The van der Waals surface area contributed by atoms with E-state index in [1.807, 2.05) is 13.1 Å². The number of halogens is 1. The summed E-state index contributed by atoms with van der Waals surface area (Å²) in [5.74, 6) is 1.25. The van der Waals surface area contributed by atoms with Gasteiger partial charge in [0, 0.05) is 6.54 Å². The first-order chi connectivity index (χ1) is 8.45. The predicted molar refractivity (Wildman–Crippen MR) is 81.7 cm³/mol. The molecule has 1 atom stereocenters. The Kier molecular flexibility index (Phi) is 5.97. The van der Waals surface area contributed by atoms with Gasteiger partial charge in [0.25, 0.3) is 0 Å². The lowest BCUT2D eigenvalue weighted by Gasteiger charge is -2.22. The largest absolute Gasteiger partial charge is 0.383 e. The summed E-state index contributed by atoms with van der Waals surface area (Å²) in [6.07, 6.45) is 0. The average molecular weight is 269 g/mol. The van der Waals surface area contributed by atoms with E-state index in [4.69, 9.17) is 11.6 Å². The lowest BCUT2D eigenvalue weighted by Crippen LogP contribution is -2.29.